The maximum absolute atomic E-state index is 5.61. The number of halogens is 1. The minimum absolute atomic E-state index is 0.722. The fraction of sp³-hybridized carbons (Fsp3) is 0.0909. The molecular formula is C11H12BrN3. The van der Waals surface area contributed by atoms with Crippen LogP contribution in [0.3, 0.4) is 0 Å². The second kappa shape index (κ2) is 3.98. The van der Waals surface area contributed by atoms with Crippen molar-refractivity contribution in [1.29, 1.82) is 0 Å². The summed E-state index contributed by atoms with van der Waals surface area (Å²) in [4.78, 5) is 0. The number of nitrogens with one attached hydrogen (secondary N) is 1. The Balaban J connectivity index is 2.25. The van der Waals surface area contributed by atoms with Crippen molar-refractivity contribution < 1.29 is 0 Å². The summed E-state index contributed by atoms with van der Waals surface area (Å²) in [5, 5.41) is 1.91. The van der Waals surface area contributed by atoms with Crippen LogP contribution < -0.4 is 16.2 Å². The van der Waals surface area contributed by atoms with Crippen LogP contribution >= 0.6 is 15.9 Å². The van der Waals surface area contributed by atoms with Crippen LogP contribution in [0.4, 0.5) is 5.69 Å². The van der Waals surface area contributed by atoms with Crippen molar-refractivity contribution in [1.82, 2.24) is 5.43 Å². The molecule has 1 aliphatic heterocycles. The molecule has 0 aromatic heterocycles. The first-order valence-electron chi connectivity index (χ1n) is 4.62. The smallest absolute Gasteiger partial charge is 0.0626 e. The predicted molar refractivity (Wildman–Crippen MR) is 65.9 cm³/mol. The molecule has 0 bridgehead atoms. The van der Waals surface area contributed by atoms with Gasteiger partial charge in [-0.1, -0.05) is 15.9 Å². The molecule has 1 aromatic carbocycles. The number of nitrogens with two attached hydrogens (primary N) is 1. The van der Waals surface area contributed by atoms with Gasteiger partial charge in [0.25, 0.3) is 0 Å². The molecule has 2 rings (SSSR count). The third-order valence-corrected chi connectivity index (χ3v) is 3.10. The summed E-state index contributed by atoms with van der Waals surface area (Å²) < 4.78 is 1.11. The highest BCUT2D eigenvalue weighted by Crippen LogP contribution is 2.22. The Morgan fingerprint density at radius 3 is 2.80 bits per heavy atom. The third-order valence-electron chi connectivity index (χ3n) is 2.21. The Kier molecular flexibility index (Phi) is 2.68. The average molecular weight is 266 g/mol. The molecule has 0 radical (unpaired) electrons. The molecule has 15 heavy (non-hydrogen) atoms. The van der Waals surface area contributed by atoms with Gasteiger partial charge in [0.15, 0.2) is 0 Å². The van der Waals surface area contributed by atoms with Gasteiger partial charge in [-0.2, -0.15) is 0 Å². The summed E-state index contributed by atoms with van der Waals surface area (Å²) in [6.45, 7) is 2.06. The minimum atomic E-state index is 0.722. The van der Waals surface area contributed by atoms with Gasteiger partial charge in [-0.25, -0.2) is 0 Å². The molecule has 3 N–H and O–H groups in total. The monoisotopic (exact) mass is 265 g/mol. The fourth-order valence-corrected chi connectivity index (χ4v) is 1.58. The van der Waals surface area contributed by atoms with E-state index in [1.807, 2.05) is 29.4 Å². The van der Waals surface area contributed by atoms with Gasteiger partial charge < -0.3 is 5.73 Å². The Labute approximate surface area is 97.4 Å². The predicted octanol–water partition coefficient (Wildman–Crippen LogP) is 2.40. The number of hydrogen-bond donors (Lipinski definition) is 2. The van der Waals surface area contributed by atoms with Crippen molar-refractivity contribution in [2.24, 2.45) is 5.73 Å². The Bertz CT molecular complexity index is 437. The number of benzene rings is 1. The van der Waals surface area contributed by atoms with E-state index in [0.29, 0.717) is 0 Å². The van der Waals surface area contributed by atoms with Crippen LogP contribution in [0.5, 0.6) is 0 Å². The molecule has 1 aromatic rings. The minimum Gasteiger partial charge on any atom is -0.397 e. The second-order valence-corrected chi connectivity index (χ2v) is 4.25. The molecule has 0 unspecified atom stereocenters. The van der Waals surface area contributed by atoms with Gasteiger partial charge in [-0.05, 0) is 36.8 Å². The van der Waals surface area contributed by atoms with Gasteiger partial charge in [-0.3, -0.25) is 10.4 Å². The van der Waals surface area contributed by atoms with Crippen LogP contribution in [-0.4, -0.2) is 0 Å². The molecule has 0 aliphatic carbocycles. The molecule has 0 spiro atoms. The SMILES string of the molecule is Cc1cc(N2C=CC(N)=CN2)ccc1Br. The first-order valence-corrected chi connectivity index (χ1v) is 5.41. The molecular weight excluding hydrogens is 254 g/mol. The zero-order valence-corrected chi connectivity index (χ0v) is 9.95. The normalized spacial score (nSPS) is 14.8. The van der Waals surface area contributed by atoms with E-state index in [0.717, 1.165) is 15.9 Å². The summed E-state index contributed by atoms with van der Waals surface area (Å²) in [6, 6.07) is 6.16. The Morgan fingerprint density at radius 1 is 1.40 bits per heavy atom. The second-order valence-electron chi connectivity index (χ2n) is 3.39. The Hall–Kier alpha value is -1.42. The summed E-state index contributed by atoms with van der Waals surface area (Å²) in [5.41, 5.74) is 11.7. The van der Waals surface area contributed by atoms with Crippen molar-refractivity contribution in [2.45, 2.75) is 6.92 Å². The van der Waals surface area contributed by atoms with Crippen LogP contribution in [0.25, 0.3) is 0 Å². The van der Waals surface area contributed by atoms with Crippen LogP contribution in [0.15, 0.2) is 46.8 Å². The molecule has 0 atom stereocenters. The van der Waals surface area contributed by atoms with E-state index < -0.39 is 0 Å². The highest BCUT2D eigenvalue weighted by molar-refractivity contribution is 9.10. The first kappa shape index (κ1) is 10.1. The average Bonchev–Trinajstić information content (AvgIpc) is 2.23. The van der Waals surface area contributed by atoms with Crippen molar-refractivity contribution in [3.8, 4) is 0 Å². The van der Waals surface area contributed by atoms with Gasteiger partial charge >= 0.3 is 0 Å². The largest absolute Gasteiger partial charge is 0.397 e. The van der Waals surface area contributed by atoms with Gasteiger partial charge in [0.1, 0.15) is 0 Å². The molecule has 0 fully saturated rings. The summed E-state index contributed by atoms with van der Waals surface area (Å²) >= 11 is 3.47. The number of nitrogens with zero attached hydrogens (tertiary/aromatic N) is 1. The molecule has 0 amide bonds. The van der Waals surface area contributed by atoms with Crippen molar-refractivity contribution >= 4 is 21.6 Å². The summed E-state index contributed by atoms with van der Waals surface area (Å²) in [6.07, 6.45) is 5.52. The standard InChI is InChI=1S/C11H12BrN3/c1-8-6-10(2-3-11(8)12)15-5-4-9(13)7-14-15/h2-7,14H,13H2,1H3. The number of hydrogen-bond acceptors (Lipinski definition) is 3. The lowest BCUT2D eigenvalue weighted by Crippen LogP contribution is -2.32. The van der Waals surface area contributed by atoms with E-state index in [-0.39, 0.29) is 0 Å². The number of rotatable bonds is 1. The highest BCUT2D eigenvalue weighted by Gasteiger charge is 2.05. The summed E-state index contributed by atoms with van der Waals surface area (Å²) in [5.74, 6) is 0. The maximum atomic E-state index is 5.61. The van der Waals surface area contributed by atoms with Crippen molar-refractivity contribution in [2.75, 3.05) is 5.01 Å². The molecule has 0 saturated carbocycles. The van der Waals surface area contributed by atoms with Gasteiger partial charge in [0, 0.05) is 16.9 Å². The first-order chi connectivity index (χ1) is 7.16. The molecule has 4 heteroatoms. The molecule has 1 heterocycles. The van der Waals surface area contributed by atoms with Crippen molar-refractivity contribution in [3.63, 3.8) is 0 Å². The number of hydrazine groups is 1. The van der Waals surface area contributed by atoms with E-state index in [2.05, 4.69) is 34.3 Å². The van der Waals surface area contributed by atoms with E-state index in [1.54, 1.807) is 6.20 Å². The van der Waals surface area contributed by atoms with E-state index in [1.165, 1.54) is 5.56 Å². The molecule has 78 valence electrons. The highest BCUT2D eigenvalue weighted by atomic mass is 79.9. The summed E-state index contributed by atoms with van der Waals surface area (Å²) in [7, 11) is 0. The lowest BCUT2D eigenvalue weighted by Gasteiger charge is -2.23. The lowest BCUT2D eigenvalue weighted by atomic mass is 10.2. The molecule has 3 nitrogen and oxygen atoms in total. The lowest BCUT2D eigenvalue weighted by molar-refractivity contribution is 0.853. The molecule has 1 aliphatic rings. The molecule has 0 saturated heterocycles. The third kappa shape index (κ3) is 2.15. The van der Waals surface area contributed by atoms with Crippen LogP contribution in [0.1, 0.15) is 5.56 Å². The number of aryl methyl sites for hydroxylation is 1. The zero-order chi connectivity index (χ0) is 10.8. The topological polar surface area (TPSA) is 41.3 Å². The van der Waals surface area contributed by atoms with E-state index >= 15 is 0 Å². The number of anilines is 1. The van der Waals surface area contributed by atoms with Gasteiger partial charge in [-0.15, -0.1) is 0 Å². The zero-order valence-electron chi connectivity index (χ0n) is 8.37. The maximum Gasteiger partial charge on any atom is 0.0626 e. The van der Waals surface area contributed by atoms with Gasteiger partial charge in [0.05, 0.1) is 11.4 Å². The van der Waals surface area contributed by atoms with Crippen LogP contribution in [0.2, 0.25) is 0 Å². The fourth-order valence-electron chi connectivity index (χ4n) is 1.34. The van der Waals surface area contributed by atoms with Crippen molar-refractivity contribution in [3.05, 3.63) is 52.4 Å². The van der Waals surface area contributed by atoms with E-state index in [4.69, 9.17) is 5.73 Å². The Morgan fingerprint density at radius 2 is 2.20 bits per heavy atom. The number of allylic oxidation sites excluding steroid dienone is 1. The van der Waals surface area contributed by atoms with Crippen LogP contribution in [-0.2, 0) is 0 Å². The van der Waals surface area contributed by atoms with Gasteiger partial charge in [0.2, 0.25) is 0 Å². The van der Waals surface area contributed by atoms with E-state index in [9.17, 15) is 0 Å². The quantitative estimate of drug-likeness (QED) is 0.820. The van der Waals surface area contributed by atoms with Crippen LogP contribution in [0, 0.1) is 6.92 Å².